The lowest BCUT2D eigenvalue weighted by molar-refractivity contribution is -0.120. The SMILES string of the molecule is Cc1ccc(NCC(=O)NNC(=O)c2cccc(NS(=O)(=O)c3cc(C)ccc3C)c2)c(C)c1. The molecule has 0 saturated carbocycles. The lowest BCUT2D eigenvalue weighted by atomic mass is 10.1. The van der Waals surface area contributed by atoms with Gasteiger partial charge in [0.25, 0.3) is 21.8 Å². The zero-order chi connectivity index (χ0) is 24.9. The smallest absolute Gasteiger partial charge is 0.269 e. The van der Waals surface area contributed by atoms with E-state index in [9.17, 15) is 18.0 Å². The summed E-state index contributed by atoms with van der Waals surface area (Å²) in [6.07, 6.45) is 0. The van der Waals surface area contributed by atoms with Crippen molar-refractivity contribution in [1.82, 2.24) is 10.9 Å². The van der Waals surface area contributed by atoms with Gasteiger partial charge in [-0.3, -0.25) is 25.2 Å². The fourth-order valence-electron chi connectivity index (χ4n) is 3.36. The first-order chi connectivity index (χ1) is 16.0. The van der Waals surface area contributed by atoms with Crippen molar-refractivity contribution in [2.24, 2.45) is 0 Å². The van der Waals surface area contributed by atoms with E-state index in [0.29, 0.717) is 5.56 Å². The van der Waals surface area contributed by atoms with Crippen LogP contribution in [0.15, 0.2) is 65.6 Å². The van der Waals surface area contributed by atoms with Crippen molar-refractivity contribution >= 4 is 33.2 Å². The van der Waals surface area contributed by atoms with E-state index in [4.69, 9.17) is 0 Å². The lowest BCUT2D eigenvalue weighted by Crippen LogP contribution is -2.44. The third-order valence-electron chi connectivity index (χ3n) is 5.15. The normalized spacial score (nSPS) is 10.9. The van der Waals surface area contributed by atoms with Crippen LogP contribution in [-0.2, 0) is 14.8 Å². The van der Waals surface area contributed by atoms with Crippen molar-refractivity contribution in [3.8, 4) is 0 Å². The van der Waals surface area contributed by atoms with Gasteiger partial charge in [-0.25, -0.2) is 8.42 Å². The molecule has 0 saturated heterocycles. The van der Waals surface area contributed by atoms with E-state index in [1.54, 1.807) is 31.2 Å². The summed E-state index contributed by atoms with van der Waals surface area (Å²) in [6, 6.07) is 17.0. The van der Waals surface area contributed by atoms with Crippen LogP contribution < -0.4 is 20.9 Å². The molecular weight excluding hydrogens is 452 g/mol. The highest BCUT2D eigenvalue weighted by molar-refractivity contribution is 7.92. The van der Waals surface area contributed by atoms with E-state index < -0.39 is 21.8 Å². The predicted molar refractivity (Wildman–Crippen MR) is 133 cm³/mol. The van der Waals surface area contributed by atoms with Crippen LogP contribution in [0.3, 0.4) is 0 Å². The van der Waals surface area contributed by atoms with Crippen LogP contribution >= 0.6 is 0 Å². The minimum Gasteiger partial charge on any atom is -0.376 e. The molecule has 3 rings (SSSR count). The minimum atomic E-state index is -3.83. The number of rotatable bonds is 7. The van der Waals surface area contributed by atoms with Crippen LogP contribution in [0.1, 0.15) is 32.6 Å². The number of hydrogen-bond donors (Lipinski definition) is 4. The Morgan fingerprint density at radius 3 is 2.24 bits per heavy atom. The highest BCUT2D eigenvalue weighted by Crippen LogP contribution is 2.21. The van der Waals surface area contributed by atoms with Gasteiger partial charge in [0.15, 0.2) is 0 Å². The van der Waals surface area contributed by atoms with Crippen LogP contribution in [0.25, 0.3) is 0 Å². The summed E-state index contributed by atoms with van der Waals surface area (Å²) in [5.41, 5.74) is 9.51. The number of amides is 2. The fraction of sp³-hybridized carbons (Fsp3) is 0.200. The largest absolute Gasteiger partial charge is 0.376 e. The first-order valence-electron chi connectivity index (χ1n) is 10.7. The van der Waals surface area contributed by atoms with E-state index >= 15 is 0 Å². The Morgan fingerprint density at radius 2 is 1.50 bits per heavy atom. The lowest BCUT2D eigenvalue weighted by Gasteiger charge is -2.13. The molecule has 0 spiro atoms. The molecule has 0 bridgehead atoms. The summed E-state index contributed by atoms with van der Waals surface area (Å²) in [5, 5.41) is 3.02. The van der Waals surface area contributed by atoms with Crippen molar-refractivity contribution in [3.63, 3.8) is 0 Å². The average Bonchev–Trinajstić information content (AvgIpc) is 2.78. The highest BCUT2D eigenvalue weighted by Gasteiger charge is 2.18. The maximum absolute atomic E-state index is 12.8. The second-order valence-corrected chi connectivity index (χ2v) is 9.78. The number of nitrogens with one attached hydrogen (secondary N) is 4. The number of carbonyl (C=O) groups excluding carboxylic acids is 2. The van der Waals surface area contributed by atoms with E-state index in [2.05, 4.69) is 20.9 Å². The third-order valence-corrected chi connectivity index (χ3v) is 6.67. The van der Waals surface area contributed by atoms with Gasteiger partial charge in [0.1, 0.15) is 0 Å². The molecule has 0 heterocycles. The van der Waals surface area contributed by atoms with E-state index in [1.807, 2.05) is 45.0 Å². The topological polar surface area (TPSA) is 116 Å². The van der Waals surface area contributed by atoms with Gasteiger partial charge in [0.2, 0.25) is 0 Å². The first kappa shape index (κ1) is 24.8. The van der Waals surface area contributed by atoms with Crippen LogP contribution in [0.4, 0.5) is 11.4 Å². The molecule has 3 aromatic carbocycles. The molecule has 0 aliphatic heterocycles. The summed E-state index contributed by atoms with van der Waals surface area (Å²) in [4.78, 5) is 24.8. The van der Waals surface area contributed by atoms with Crippen LogP contribution in [0.5, 0.6) is 0 Å². The molecule has 0 atom stereocenters. The molecule has 4 N–H and O–H groups in total. The van der Waals surface area contributed by atoms with E-state index in [0.717, 1.165) is 22.4 Å². The van der Waals surface area contributed by atoms with Crippen molar-refractivity contribution in [1.29, 1.82) is 0 Å². The maximum Gasteiger partial charge on any atom is 0.269 e. The number of hydrazine groups is 1. The molecule has 8 nitrogen and oxygen atoms in total. The second kappa shape index (κ2) is 10.4. The van der Waals surface area contributed by atoms with Crippen LogP contribution in [0, 0.1) is 27.7 Å². The van der Waals surface area contributed by atoms with Crippen molar-refractivity contribution in [2.75, 3.05) is 16.6 Å². The van der Waals surface area contributed by atoms with Gasteiger partial charge in [-0.15, -0.1) is 0 Å². The summed E-state index contributed by atoms with van der Waals surface area (Å²) in [6.45, 7) is 7.43. The van der Waals surface area contributed by atoms with Gasteiger partial charge >= 0.3 is 0 Å². The van der Waals surface area contributed by atoms with Gasteiger partial charge in [-0.05, 0) is 74.7 Å². The molecule has 0 unspecified atom stereocenters. The summed E-state index contributed by atoms with van der Waals surface area (Å²) in [5.74, 6) is -1.01. The van der Waals surface area contributed by atoms with Crippen molar-refractivity contribution in [2.45, 2.75) is 32.6 Å². The molecule has 178 valence electrons. The molecule has 3 aromatic rings. The molecule has 34 heavy (non-hydrogen) atoms. The number of benzene rings is 3. The molecular formula is C25H28N4O4S. The standard InChI is InChI=1S/C25H28N4O4S/c1-16-9-11-22(19(4)12-16)26-15-24(30)27-28-25(31)20-6-5-7-21(14-20)29-34(32,33)23-13-17(2)8-10-18(23)3/h5-14,26,29H,15H2,1-4H3,(H,27,30)(H,28,31). The highest BCUT2D eigenvalue weighted by atomic mass is 32.2. The quantitative estimate of drug-likeness (QED) is 0.386. The van der Waals surface area contributed by atoms with Crippen molar-refractivity contribution < 1.29 is 18.0 Å². The number of anilines is 2. The Hall–Kier alpha value is -3.85. The van der Waals surface area contributed by atoms with Crippen molar-refractivity contribution in [3.05, 3.63) is 88.5 Å². The Kier molecular flexibility index (Phi) is 7.57. The summed E-state index contributed by atoms with van der Waals surface area (Å²) >= 11 is 0. The van der Waals surface area contributed by atoms with E-state index in [1.165, 1.54) is 12.1 Å². The number of aryl methyl sites for hydroxylation is 4. The molecule has 0 aliphatic rings. The molecule has 0 aromatic heterocycles. The Bertz CT molecular complexity index is 1340. The van der Waals surface area contributed by atoms with Crippen LogP contribution in [-0.4, -0.2) is 26.8 Å². The monoisotopic (exact) mass is 480 g/mol. The minimum absolute atomic E-state index is 0.0279. The zero-order valence-electron chi connectivity index (χ0n) is 19.5. The van der Waals surface area contributed by atoms with Gasteiger partial charge < -0.3 is 5.32 Å². The Labute approximate surface area is 199 Å². The number of sulfonamides is 1. The first-order valence-corrected chi connectivity index (χ1v) is 12.1. The fourth-order valence-corrected chi connectivity index (χ4v) is 4.74. The Balaban J connectivity index is 1.60. The molecule has 9 heteroatoms. The summed E-state index contributed by atoms with van der Waals surface area (Å²) in [7, 11) is -3.83. The van der Waals surface area contributed by atoms with Gasteiger partial charge in [0, 0.05) is 16.9 Å². The molecule has 0 radical (unpaired) electrons. The maximum atomic E-state index is 12.8. The molecule has 2 amide bonds. The second-order valence-electron chi connectivity index (χ2n) is 8.13. The van der Waals surface area contributed by atoms with Crippen LogP contribution in [0.2, 0.25) is 0 Å². The van der Waals surface area contributed by atoms with Gasteiger partial charge in [0.05, 0.1) is 11.4 Å². The third kappa shape index (κ3) is 6.35. The predicted octanol–water partition coefficient (Wildman–Crippen LogP) is 3.59. The average molecular weight is 481 g/mol. The Morgan fingerprint density at radius 1 is 0.794 bits per heavy atom. The summed E-state index contributed by atoms with van der Waals surface area (Å²) < 4.78 is 28.2. The number of hydrogen-bond acceptors (Lipinski definition) is 5. The van der Waals surface area contributed by atoms with Gasteiger partial charge in [-0.2, -0.15) is 0 Å². The zero-order valence-corrected chi connectivity index (χ0v) is 20.3. The van der Waals surface area contributed by atoms with E-state index in [-0.39, 0.29) is 22.7 Å². The molecule has 0 aliphatic carbocycles. The van der Waals surface area contributed by atoms with Gasteiger partial charge in [-0.1, -0.05) is 35.9 Å². The number of carbonyl (C=O) groups is 2. The molecule has 0 fully saturated rings.